The van der Waals surface area contributed by atoms with E-state index in [9.17, 15) is 9.59 Å². The number of hydrogen-bond acceptors (Lipinski definition) is 4. The molecule has 1 heterocycles. The van der Waals surface area contributed by atoms with Gasteiger partial charge in [-0.05, 0) is 48.9 Å². The van der Waals surface area contributed by atoms with Gasteiger partial charge in [-0.25, -0.2) is 4.98 Å². The Morgan fingerprint density at radius 1 is 0.815 bits per heavy atom. The first-order valence-corrected chi connectivity index (χ1v) is 8.35. The van der Waals surface area contributed by atoms with E-state index in [1.54, 1.807) is 55.6 Å². The first-order chi connectivity index (χ1) is 13.0. The van der Waals surface area contributed by atoms with E-state index in [0.29, 0.717) is 17.1 Å². The molecule has 2 aromatic carbocycles. The summed E-state index contributed by atoms with van der Waals surface area (Å²) in [5.74, 6) is -0.155. The standard InChI is InChI=1S/C21H19N3O3/c1-14-6-3-7-15(12-14)22-20(25)18-10-5-11-19(24-18)21(26)23-16-8-4-9-17(13-16)27-2/h3-13H,1-2H3,(H,22,25)(H,23,26). The van der Waals surface area contributed by atoms with E-state index in [0.717, 1.165) is 5.56 Å². The lowest BCUT2D eigenvalue weighted by molar-refractivity contribution is 0.101. The van der Waals surface area contributed by atoms with E-state index < -0.39 is 5.91 Å². The third-order valence-corrected chi connectivity index (χ3v) is 3.82. The van der Waals surface area contributed by atoms with E-state index in [1.807, 2.05) is 25.1 Å². The van der Waals surface area contributed by atoms with Crippen LogP contribution in [0.25, 0.3) is 0 Å². The highest BCUT2D eigenvalue weighted by Crippen LogP contribution is 2.17. The van der Waals surface area contributed by atoms with E-state index in [1.165, 1.54) is 0 Å². The SMILES string of the molecule is COc1cccc(NC(=O)c2cccc(C(=O)Nc3cccc(C)c3)n2)c1. The molecular formula is C21H19N3O3. The number of hydrogen-bond donors (Lipinski definition) is 2. The summed E-state index contributed by atoms with van der Waals surface area (Å²) < 4.78 is 5.14. The molecule has 0 bridgehead atoms. The van der Waals surface area contributed by atoms with Crippen LogP contribution in [0.3, 0.4) is 0 Å². The number of rotatable bonds is 5. The Morgan fingerprint density at radius 2 is 1.37 bits per heavy atom. The van der Waals surface area contributed by atoms with Crippen molar-refractivity contribution in [3.63, 3.8) is 0 Å². The fourth-order valence-corrected chi connectivity index (χ4v) is 2.50. The maximum Gasteiger partial charge on any atom is 0.274 e. The smallest absolute Gasteiger partial charge is 0.274 e. The van der Waals surface area contributed by atoms with Crippen molar-refractivity contribution in [1.29, 1.82) is 0 Å². The molecule has 6 nitrogen and oxygen atoms in total. The van der Waals surface area contributed by atoms with Crippen molar-refractivity contribution in [1.82, 2.24) is 4.98 Å². The molecule has 0 radical (unpaired) electrons. The molecule has 136 valence electrons. The second-order valence-electron chi connectivity index (χ2n) is 5.92. The van der Waals surface area contributed by atoms with Crippen molar-refractivity contribution in [3.8, 4) is 5.75 Å². The van der Waals surface area contributed by atoms with Crippen LogP contribution in [0.1, 0.15) is 26.5 Å². The number of carbonyl (C=O) groups excluding carboxylic acids is 2. The summed E-state index contributed by atoms with van der Waals surface area (Å²) in [7, 11) is 1.55. The van der Waals surface area contributed by atoms with E-state index in [-0.39, 0.29) is 17.3 Å². The number of nitrogens with one attached hydrogen (secondary N) is 2. The Labute approximate surface area is 157 Å². The molecule has 0 aliphatic carbocycles. The summed E-state index contributed by atoms with van der Waals surface area (Å²) in [5.41, 5.74) is 2.60. The lowest BCUT2D eigenvalue weighted by atomic mass is 10.2. The number of ether oxygens (including phenoxy) is 1. The number of aromatic nitrogens is 1. The Kier molecular flexibility index (Phi) is 5.47. The summed E-state index contributed by atoms with van der Waals surface area (Å²) in [6.07, 6.45) is 0. The molecule has 3 rings (SSSR count). The highest BCUT2D eigenvalue weighted by molar-refractivity contribution is 6.06. The van der Waals surface area contributed by atoms with Gasteiger partial charge in [-0.1, -0.05) is 24.3 Å². The van der Waals surface area contributed by atoms with E-state index >= 15 is 0 Å². The summed E-state index contributed by atoms with van der Waals surface area (Å²) in [6, 6.07) is 19.2. The molecule has 0 spiro atoms. The minimum atomic E-state index is -0.409. The predicted octanol–water partition coefficient (Wildman–Crippen LogP) is 3.90. The Hall–Kier alpha value is -3.67. The fourth-order valence-electron chi connectivity index (χ4n) is 2.50. The monoisotopic (exact) mass is 361 g/mol. The van der Waals surface area contributed by atoms with Crippen molar-refractivity contribution in [3.05, 3.63) is 83.7 Å². The molecule has 0 fully saturated rings. The average Bonchev–Trinajstić information content (AvgIpc) is 2.68. The molecule has 0 atom stereocenters. The van der Waals surface area contributed by atoms with Crippen LogP contribution in [0.5, 0.6) is 5.75 Å². The molecule has 0 aliphatic heterocycles. The van der Waals surface area contributed by atoms with Gasteiger partial charge in [0, 0.05) is 17.4 Å². The second kappa shape index (κ2) is 8.14. The van der Waals surface area contributed by atoms with Gasteiger partial charge in [-0.2, -0.15) is 0 Å². The van der Waals surface area contributed by atoms with Crippen LogP contribution in [-0.4, -0.2) is 23.9 Å². The van der Waals surface area contributed by atoms with Crippen molar-refractivity contribution in [2.75, 3.05) is 17.7 Å². The molecule has 1 aromatic heterocycles. The van der Waals surface area contributed by atoms with Crippen LogP contribution >= 0.6 is 0 Å². The summed E-state index contributed by atoms with van der Waals surface area (Å²) in [5, 5.41) is 5.52. The van der Waals surface area contributed by atoms with Gasteiger partial charge < -0.3 is 15.4 Å². The quantitative estimate of drug-likeness (QED) is 0.722. The van der Waals surface area contributed by atoms with Gasteiger partial charge in [0.05, 0.1) is 7.11 Å². The zero-order valence-corrected chi connectivity index (χ0v) is 15.0. The zero-order valence-electron chi connectivity index (χ0n) is 15.0. The van der Waals surface area contributed by atoms with Gasteiger partial charge in [0.25, 0.3) is 11.8 Å². The molecule has 2 N–H and O–H groups in total. The average molecular weight is 361 g/mol. The molecule has 3 aromatic rings. The lowest BCUT2D eigenvalue weighted by Crippen LogP contribution is -2.18. The van der Waals surface area contributed by atoms with Gasteiger partial charge in [0.2, 0.25) is 0 Å². The molecule has 2 amide bonds. The summed E-state index contributed by atoms with van der Waals surface area (Å²) in [4.78, 5) is 29.0. The molecule has 27 heavy (non-hydrogen) atoms. The lowest BCUT2D eigenvalue weighted by Gasteiger charge is -2.08. The summed E-state index contributed by atoms with van der Waals surface area (Å²) >= 11 is 0. The largest absolute Gasteiger partial charge is 0.497 e. The van der Waals surface area contributed by atoms with Crippen LogP contribution in [0.2, 0.25) is 0 Å². The Morgan fingerprint density at radius 3 is 1.96 bits per heavy atom. The molecule has 0 saturated carbocycles. The van der Waals surface area contributed by atoms with Crippen LogP contribution in [-0.2, 0) is 0 Å². The van der Waals surface area contributed by atoms with E-state index in [4.69, 9.17) is 4.74 Å². The summed E-state index contributed by atoms with van der Waals surface area (Å²) in [6.45, 7) is 1.94. The molecule has 6 heteroatoms. The third-order valence-electron chi connectivity index (χ3n) is 3.82. The topological polar surface area (TPSA) is 80.3 Å². The number of benzene rings is 2. The Balaban J connectivity index is 1.74. The zero-order chi connectivity index (χ0) is 19.2. The molecular weight excluding hydrogens is 342 g/mol. The van der Waals surface area contributed by atoms with Crippen molar-refractivity contribution in [2.45, 2.75) is 6.92 Å². The highest BCUT2D eigenvalue weighted by Gasteiger charge is 2.13. The normalized spacial score (nSPS) is 10.1. The number of aryl methyl sites for hydroxylation is 1. The van der Waals surface area contributed by atoms with Gasteiger partial charge >= 0.3 is 0 Å². The highest BCUT2D eigenvalue weighted by atomic mass is 16.5. The van der Waals surface area contributed by atoms with Gasteiger partial charge in [-0.15, -0.1) is 0 Å². The van der Waals surface area contributed by atoms with Crippen LogP contribution in [0.4, 0.5) is 11.4 Å². The van der Waals surface area contributed by atoms with Gasteiger partial charge in [0.1, 0.15) is 17.1 Å². The molecule has 0 saturated heterocycles. The van der Waals surface area contributed by atoms with Gasteiger partial charge in [-0.3, -0.25) is 9.59 Å². The minimum absolute atomic E-state index is 0.148. The number of amides is 2. The first-order valence-electron chi connectivity index (χ1n) is 8.35. The van der Waals surface area contributed by atoms with Crippen LogP contribution < -0.4 is 15.4 Å². The molecule has 0 aliphatic rings. The number of carbonyl (C=O) groups is 2. The number of methoxy groups -OCH3 is 1. The van der Waals surface area contributed by atoms with E-state index in [2.05, 4.69) is 15.6 Å². The fraction of sp³-hybridized carbons (Fsp3) is 0.0952. The van der Waals surface area contributed by atoms with Gasteiger partial charge in [0.15, 0.2) is 0 Å². The first kappa shape index (κ1) is 18.1. The van der Waals surface area contributed by atoms with Crippen LogP contribution in [0.15, 0.2) is 66.7 Å². The Bertz CT molecular complexity index is 986. The minimum Gasteiger partial charge on any atom is -0.497 e. The number of nitrogens with zero attached hydrogens (tertiary/aromatic N) is 1. The van der Waals surface area contributed by atoms with Crippen molar-refractivity contribution >= 4 is 23.2 Å². The maximum atomic E-state index is 12.4. The van der Waals surface area contributed by atoms with Crippen molar-refractivity contribution in [2.24, 2.45) is 0 Å². The predicted molar refractivity (Wildman–Crippen MR) is 104 cm³/mol. The van der Waals surface area contributed by atoms with Crippen LogP contribution in [0, 0.1) is 6.92 Å². The maximum absolute atomic E-state index is 12.4. The number of anilines is 2. The number of pyridine rings is 1. The molecule has 0 unspecified atom stereocenters. The third kappa shape index (κ3) is 4.70. The van der Waals surface area contributed by atoms with Crippen molar-refractivity contribution < 1.29 is 14.3 Å². The second-order valence-corrected chi connectivity index (χ2v) is 5.92.